The van der Waals surface area contributed by atoms with Crippen molar-refractivity contribution < 1.29 is 19.4 Å². The van der Waals surface area contributed by atoms with Gasteiger partial charge in [-0.1, -0.05) is 37.3 Å². The average molecular weight is 264 g/mol. The minimum atomic E-state index is -0.827. The molecule has 0 aliphatic heterocycles. The van der Waals surface area contributed by atoms with Crippen molar-refractivity contribution in [3.8, 4) is 0 Å². The van der Waals surface area contributed by atoms with Gasteiger partial charge >= 0.3 is 11.9 Å². The Bertz CT molecular complexity index is 400. The van der Waals surface area contributed by atoms with Crippen molar-refractivity contribution in [1.82, 2.24) is 0 Å². The fourth-order valence-corrected chi connectivity index (χ4v) is 1.82. The summed E-state index contributed by atoms with van der Waals surface area (Å²) in [4.78, 5) is 22.1. The zero-order chi connectivity index (χ0) is 14.1. The van der Waals surface area contributed by atoms with Gasteiger partial charge in [0.25, 0.3) is 0 Å². The van der Waals surface area contributed by atoms with Crippen LogP contribution in [0.1, 0.15) is 50.7 Å². The standard InChI is InChI=1S/C15H20O4/c1-2-7-15(18)19-13(10-6-11-14(16)17)12-8-4-3-5-9-12/h3-5,8-9,13H,2,6-7,10-11H2,1H3,(H,16,17). The van der Waals surface area contributed by atoms with Crippen LogP contribution in [-0.4, -0.2) is 17.0 Å². The molecule has 1 atom stereocenters. The van der Waals surface area contributed by atoms with Crippen LogP contribution in [0.15, 0.2) is 30.3 Å². The van der Waals surface area contributed by atoms with E-state index in [1.54, 1.807) is 0 Å². The molecule has 1 N–H and O–H groups in total. The Morgan fingerprint density at radius 3 is 2.47 bits per heavy atom. The van der Waals surface area contributed by atoms with E-state index in [-0.39, 0.29) is 18.5 Å². The highest BCUT2D eigenvalue weighted by molar-refractivity contribution is 5.69. The summed E-state index contributed by atoms with van der Waals surface area (Å²) in [6.45, 7) is 1.92. The lowest BCUT2D eigenvalue weighted by Gasteiger charge is -2.18. The van der Waals surface area contributed by atoms with Gasteiger partial charge in [-0.25, -0.2) is 0 Å². The molecule has 0 spiro atoms. The molecule has 0 aliphatic carbocycles. The Hall–Kier alpha value is -1.84. The monoisotopic (exact) mass is 264 g/mol. The number of carboxylic acids is 1. The van der Waals surface area contributed by atoms with Gasteiger partial charge in [0, 0.05) is 12.8 Å². The number of aliphatic carboxylic acids is 1. The van der Waals surface area contributed by atoms with Gasteiger partial charge in [-0.2, -0.15) is 0 Å². The van der Waals surface area contributed by atoms with Crippen molar-refractivity contribution in [3.05, 3.63) is 35.9 Å². The summed E-state index contributed by atoms with van der Waals surface area (Å²) >= 11 is 0. The summed E-state index contributed by atoms with van der Waals surface area (Å²) < 4.78 is 5.43. The van der Waals surface area contributed by atoms with Crippen molar-refractivity contribution in [2.75, 3.05) is 0 Å². The molecule has 0 aromatic heterocycles. The van der Waals surface area contributed by atoms with Gasteiger partial charge in [0.15, 0.2) is 0 Å². The summed E-state index contributed by atoms with van der Waals surface area (Å²) in [6.07, 6.45) is 1.91. The zero-order valence-electron chi connectivity index (χ0n) is 11.2. The van der Waals surface area contributed by atoms with Gasteiger partial charge in [0.1, 0.15) is 6.10 Å². The lowest BCUT2D eigenvalue weighted by atomic mass is 10.0. The average Bonchev–Trinajstić information content (AvgIpc) is 2.38. The number of esters is 1. The first-order valence-corrected chi connectivity index (χ1v) is 6.59. The summed E-state index contributed by atoms with van der Waals surface area (Å²) in [6, 6.07) is 9.45. The van der Waals surface area contributed by atoms with Gasteiger partial charge in [-0.05, 0) is 24.8 Å². The van der Waals surface area contributed by atoms with Crippen LogP contribution in [0.4, 0.5) is 0 Å². The maximum absolute atomic E-state index is 11.6. The molecular formula is C15H20O4. The van der Waals surface area contributed by atoms with E-state index in [1.807, 2.05) is 37.3 Å². The number of hydrogen-bond donors (Lipinski definition) is 1. The molecular weight excluding hydrogens is 244 g/mol. The van der Waals surface area contributed by atoms with Crippen LogP contribution in [0.5, 0.6) is 0 Å². The number of rotatable bonds is 8. The topological polar surface area (TPSA) is 63.6 Å². The van der Waals surface area contributed by atoms with Crippen molar-refractivity contribution in [3.63, 3.8) is 0 Å². The van der Waals surface area contributed by atoms with Crippen LogP contribution in [0.25, 0.3) is 0 Å². The maximum atomic E-state index is 11.6. The maximum Gasteiger partial charge on any atom is 0.306 e. The predicted molar refractivity (Wildman–Crippen MR) is 71.7 cm³/mol. The number of hydrogen-bond acceptors (Lipinski definition) is 3. The molecule has 0 saturated heterocycles. The second-order valence-corrected chi connectivity index (χ2v) is 4.43. The van der Waals surface area contributed by atoms with Crippen molar-refractivity contribution >= 4 is 11.9 Å². The van der Waals surface area contributed by atoms with Gasteiger partial charge in [0.2, 0.25) is 0 Å². The molecule has 104 valence electrons. The largest absolute Gasteiger partial charge is 0.481 e. The third kappa shape index (κ3) is 6.04. The van der Waals surface area contributed by atoms with E-state index in [9.17, 15) is 9.59 Å². The molecule has 0 amide bonds. The lowest BCUT2D eigenvalue weighted by molar-refractivity contribution is -0.150. The number of carbonyl (C=O) groups is 2. The quantitative estimate of drug-likeness (QED) is 0.731. The molecule has 0 radical (unpaired) electrons. The highest BCUT2D eigenvalue weighted by atomic mass is 16.5. The lowest BCUT2D eigenvalue weighted by Crippen LogP contribution is -2.11. The number of carboxylic acid groups (broad SMARTS) is 1. The first-order valence-electron chi connectivity index (χ1n) is 6.59. The van der Waals surface area contributed by atoms with Crippen LogP contribution >= 0.6 is 0 Å². The molecule has 1 aromatic carbocycles. The Morgan fingerprint density at radius 1 is 1.21 bits per heavy atom. The predicted octanol–water partition coefficient (Wildman–Crippen LogP) is 3.33. The van der Waals surface area contributed by atoms with Gasteiger partial charge in [0.05, 0.1) is 0 Å². The van der Waals surface area contributed by atoms with Crippen LogP contribution < -0.4 is 0 Å². The van der Waals surface area contributed by atoms with E-state index in [1.165, 1.54) is 0 Å². The normalized spacial score (nSPS) is 11.8. The molecule has 1 aromatic rings. The van der Waals surface area contributed by atoms with E-state index < -0.39 is 5.97 Å². The van der Waals surface area contributed by atoms with E-state index >= 15 is 0 Å². The smallest absolute Gasteiger partial charge is 0.306 e. The number of benzene rings is 1. The molecule has 0 bridgehead atoms. The molecule has 0 heterocycles. The van der Waals surface area contributed by atoms with Crippen LogP contribution in [0.2, 0.25) is 0 Å². The third-order valence-electron chi connectivity index (χ3n) is 2.76. The molecule has 1 unspecified atom stereocenters. The molecule has 0 saturated carbocycles. The van der Waals surface area contributed by atoms with Crippen molar-refractivity contribution in [2.24, 2.45) is 0 Å². The SMILES string of the molecule is CCCC(=O)OC(CCCC(=O)O)c1ccccc1. The van der Waals surface area contributed by atoms with Gasteiger partial charge in [-0.3, -0.25) is 9.59 Å². The summed E-state index contributed by atoms with van der Waals surface area (Å²) in [5, 5.41) is 8.66. The minimum Gasteiger partial charge on any atom is -0.481 e. The molecule has 0 fully saturated rings. The summed E-state index contributed by atoms with van der Waals surface area (Å²) in [5.41, 5.74) is 0.914. The second kappa shape index (κ2) is 8.29. The first kappa shape index (κ1) is 15.2. The molecule has 4 nitrogen and oxygen atoms in total. The van der Waals surface area contributed by atoms with E-state index in [0.717, 1.165) is 12.0 Å². The Morgan fingerprint density at radius 2 is 1.89 bits per heavy atom. The molecule has 1 rings (SSSR count). The van der Waals surface area contributed by atoms with E-state index in [2.05, 4.69) is 0 Å². The Kier molecular flexibility index (Phi) is 6.64. The molecule has 0 aliphatic rings. The fourth-order valence-electron chi connectivity index (χ4n) is 1.82. The van der Waals surface area contributed by atoms with E-state index in [4.69, 9.17) is 9.84 Å². The van der Waals surface area contributed by atoms with Crippen LogP contribution in [-0.2, 0) is 14.3 Å². The Balaban J connectivity index is 2.62. The van der Waals surface area contributed by atoms with Crippen LogP contribution in [0, 0.1) is 0 Å². The number of ether oxygens (including phenoxy) is 1. The van der Waals surface area contributed by atoms with Crippen molar-refractivity contribution in [1.29, 1.82) is 0 Å². The summed E-state index contributed by atoms with van der Waals surface area (Å²) in [7, 11) is 0. The highest BCUT2D eigenvalue weighted by Gasteiger charge is 2.16. The first-order chi connectivity index (χ1) is 9.13. The molecule has 4 heteroatoms. The minimum absolute atomic E-state index is 0.0919. The van der Waals surface area contributed by atoms with Gasteiger partial charge in [-0.15, -0.1) is 0 Å². The fraction of sp³-hybridized carbons (Fsp3) is 0.467. The molecule has 19 heavy (non-hydrogen) atoms. The number of carbonyl (C=O) groups excluding carboxylic acids is 1. The zero-order valence-corrected chi connectivity index (χ0v) is 11.2. The second-order valence-electron chi connectivity index (χ2n) is 4.43. The third-order valence-corrected chi connectivity index (χ3v) is 2.76. The van der Waals surface area contributed by atoms with Crippen LogP contribution in [0.3, 0.4) is 0 Å². The van der Waals surface area contributed by atoms with Crippen molar-refractivity contribution in [2.45, 2.75) is 45.1 Å². The highest BCUT2D eigenvalue weighted by Crippen LogP contribution is 2.24. The Labute approximate surface area is 113 Å². The van der Waals surface area contributed by atoms with Gasteiger partial charge < -0.3 is 9.84 Å². The summed E-state index contributed by atoms with van der Waals surface area (Å²) in [5.74, 6) is -1.06. The van der Waals surface area contributed by atoms with E-state index in [0.29, 0.717) is 19.3 Å².